The Bertz CT molecular complexity index is 432. The summed E-state index contributed by atoms with van der Waals surface area (Å²) in [5.41, 5.74) is 0.610. The molecule has 5 heteroatoms. The number of carbonyl (C=O) groups excluding carboxylic acids is 1. The number of methoxy groups -OCH3 is 1. The third kappa shape index (κ3) is 2.50. The molecule has 0 atom stereocenters. The molecule has 1 amide bonds. The van der Waals surface area contributed by atoms with Gasteiger partial charge in [-0.05, 0) is 40.9 Å². The second-order valence-corrected chi connectivity index (χ2v) is 5.02. The fourth-order valence-corrected chi connectivity index (χ4v) is 2.41. The number of ether oxygens (including phenoxy) is 1. The Morgan fingerprint density at radius 3 is 2.81 bits per heavy atom. The van der Waals surface area contributed by atoms with Crippen LogP contribution in [0, 0.1) is 5.92 Å². The number of anilines is 1. The summed E-state index contributed by atoms with van der Waals surface area (Å²) in [6.07, 6.45) is 1.94. The van der Waals surface area contributed by atoms with Crippen LogP contribution in [0.4, 0.5) is 5.69 Å². The molecule has 1 fully saturated rings. The van der Waals surface area contributed by atoms with Crippen LogP contribution < -0.4 is 10.1 Å². The highest BCUT2D eigenvalue weighted by Crippen LogP contribution is 2.38. The normalized spacial score (nSPS) is 14.7. The van der Waals surface area contributed by atoms with Crippen molar-refractivity contribution in [1.29, 1.82) is 0 Å². The number of benzene rings is 1. The quantitative estimate of drug-likeness (QED) is 0.928. The van der Waals surface area contributed by atoms with E-state index in [1.165, 1.54) is 0 Å². The van der Waals surface area contributed by atoms with Crippen LogP contribution in [-0.4, -0.2) is 13.0 Å². The van der Waals surface area contributed by atoms with E-state index in [-0.39, 0.29) is 11.8 Å². The van der Waals surface area contributed by atoms with Crippen LogP contribution in [0.1, 0.15) is 12.8 Å². The number of hydrogen-bond donors (Lipinski definition) is 1. The van der Waals surface area contributed by atoms with Crippen molar-refractivity contribution in [3.63, 3.8) is 0 Å². The summed E-state index contributed by atoms with van der Waals surface area (Å²) in [7, 11) is 1.56. The molecule has 2 rings (SSSR count). The maximum absolute atomic E-state index is 11.6. The minimum absolute atomic E-state index is 0.0347. The predicted molar refractivity (Wildman–Crippen MR) is 67.1 cm³/mol. The van der Waals surface area contributed by atoms with Crippen LogP contribution >= 0.6 is 27.5 Å². The Morgan fingerprint density at radius 1 is 1.56 bits per heavy atom. The second kappa shape index (κ2) is 4.63. The van der Waals surface area contributed by atoms with Crippen molar-refractivity contribution in [3.05, 3.63) is 21.6 Å². The molecule has 0 aromatic heterocycles. The third-order valence-corrected chi connectivity index (χ3v) is 3.23. The van der Waals surface area contributed by atoms with Crippen molar-refractivity contribution >= 4 is 39.1 Å². The molecule has 16 heavy (non-hydrogen) atoms. The van der Waals surface area contributed by atoms with Crippen LogP contribution in [0.5, 0.6) is 5.75 Å². The van der Waals surface area contributed by atoms with Gasteiger partial charge in [0, 0.05) is 10.9 Å². The van der Waals surface area contributed by atoms with Crippen molar-refractivity contribution in [1.82, 2.24) is 0 Å². The summed E-state index contributed by atoms with van der Waals surface area (Å²) < 4.78 is 5.94. The van der Waals surface area contributed by atoms with E-state index in [0.717, 1.165) is 17.3 Å². The molecule has 0 unspecified atom stereocenters. The van der Waals surface area contributed by atoms with Crippen LogP contribution in [-0.2, 0) is 4.79 Å². The van der Waals surface area contributed by atoms with Gasteiger partial charge in [-0.1, -0.05) is 11.6 Å². The van der Waals surface area contributed by atoms with E-state index < -0.39 is 0 Å². The minimum Gasteiger partial charge on any atom is -0.493 e. The monoisotopic (exact) mass is 303 g/mol. The topological polar surface area (TPSA) is 38.3 Å². The molecule has 1 N–H and O–H groups in total. The number of rotatable bonds is 3. The van der Waals surface area contributed by atoms with E-state index in [9.17, 15) is 4.79 Å². The lowest BCUT2D eigenvalue weighted by Crippen LogP contribution is -2.14. The lowest BCUT2D eigenvalue weighted by molar-refractivity contribution is -0.117. The molecule has 86 valence electrons. The molecule has 3 nitrogen and oxygen atoms in total. The first-order chi connectivity index (χ1) is 7.61. The van der Waals surface area contributed by atoms with Gasteiger partial charge in [0.15, 0.2) is 5.75 Å². The Balaban J connectivity index is 2.26. The first kappa shape index (κ1) is 11.7. The van der Waals surface area contributed by atoms with Gasteiger partial charge in [-0.25, -0.2) is 0 Å². The molecule has 0 saturated heterocycles. The second-order valence-electron chi connectivity index (χ2n) is 3.73. The Kier molecular flexibility index (Phi) is 3.40. The largest absolute Gasteiger partial charge is 0.493 e. The van der Waals surface area contributed by atoms with Gasteiger partial charge in [0.2, 0.25) is 5.91 Å². The molecule has 0 heterocycles. The summed E-state index contributed by atoms with van der Waals surface area (Å²) in [6.45, 7) is 0. The molecule has 0 aliphatic heterocycles. The van der Waals surface area contributed by atoms with Gasteiger partial charge in [-0.2, -0.15) is 0 Å². The summed E-state index contributed by atoms with van der Waals surface area (Å²) in [5, 5.41) is 3.38. The molecular weight excluding hydrogens is 293 g/mol. The first-order valence-electron chi connectivity index (χ1n) is 4.95. The van der Waals surface area contributed by atoms with Gasteiger partial charge >= 0.3 is 0 Å². The van der Waals surface area contributed by atoms with Crippen LogP contribution in [0.25, 0.3) is 0 Å². The van der Waals surface area contributed by atoms with Crippen molar-refractivity contribution in [2.75, 3.05) is 12.4 Å². The molecular formula is C11H11BrClNO2. The number of carbonyl (C=O) groups is 1. The summed E-state index contributed by atoms with van der Waals surface area (Å²) in [4.78, 5) is 11.6. The lowest BCUT2D eigenvalue weighted by atomic mass is 10.2. The minimum atomic E-state index is 0.0347. The van der Waals surface area contributed by atoms with Crippen molar-refractivity contribution in [3.8, 4) is 5.75 Å². The van der Waals surface area contributed by atoms with E-state index in [1.807, 2.05) is 0 Å². The molecule has 1 aromatic carbocycles. The average Bonchev–Trinajstić information content (AvgIpc) is 2.99. The van der Waals surface area contributed by atoms with Gasteiger partial charge in [-0.3, -0.25) is 4.79 Å². The molecule has 1 aliphatic rings. The number of halogens is 2. The van der Waals surface area contributed by atoms with Gasteiger partial charge in [0.25, 0.3) is 0 Å². The SMILES string of the molecule is COc1c(Br)cc(Cl)cc1NC(=O)C1CC1. The molecule has 0 bridgehead atoms. The van der Waals surface area contributed by atoms with Gasteiger partial charge in [0.05, 0.1) is 17.3 Å². The van der Waals surface area contributed by atoms with Gasteiger partial charge < -0.3 is 10.1 Å². The van der Waals surface area contributed by atoms with E-state index in [4.69, 9.17) is 16.3 Å². The molecule has 1 aromatic rings. The first-order valence-corrected chi connectivity index (χ1v) is 6.13. The van der Waals surface area contributed by atoms with E-state index >= 15 is 0 Å². The average molecular weight is 305 g/mol. The zero-order valence-corrected chi connectivity index (χ0v) is 11.1. The predicted octanol–water partition coefficient (Wildman–Crippen LogP) is 3.46. The Labute approximate surface area is 107 Å². The van der Waals surface area contributed by atoms with E-state index in [1.54, 1.807) is 19.2 Å². The van der Waals surface area contributed by atoms with E-state index in [0.29, 0.717) is 16.5 Å². The number of nitrogens with one attached hydrogen (secondary N) is 1. The maximum Gasteiger partial charge on any atom is 0.227 e. The van der Waals surface area contributed by atoms with Crippen molar-refractivity contribution < 1.29 is 9.53 Å². The van der Waals surface area contributed by atoms with E-state index in [2.05, 4.69) is 21.2 Å². The molecule has 0 spiro atoms. The number of hydrogen-bond acceptors (Lipinski definition) is 2. The Hall–Kier alpha value is -0.740. The zero-order chi connectivity index (χ0) is 11.7. The summed E-state index contributed by atoms with van der Waals surface area (Å²) in [6, 6.07) is 3.42. The standard InChI is InChI=1S/C11H11BrClNO2/c1-16-10-8(12)4-7(13)5-9(10)14-11(15)6-2-3-6/h4-6H,2-3H2,1H3,(H,14,15). The molecule has 1 saturated carbocycles. The highest BCUT2D eigenvalue weighted by Gasteiger charge is 2.30. The zero-order valence-electron chi connectivity index (χ0n) is 8.72. The molecule has 0 radical (unpaired) electrons. The number of amides is 1. The van der Waals surface area contributed by atoms with Crippen LogP contribution in [0.15, 0.2) is 16.6 Å². The van der Waals surface area contributed by atoms with Crippen molar-refractivity contribution in [2.45, 2.75) is 12.8 Å². The van der Waals surface area contributed by atoms with Gasteiger partial charge in [-0.15, -0.1) is 0 Å². The highest BCUT2D eigenvalue weighted by molar-refractivity contribution is 9.10. The summed E-state index contributed by atoms with van der Waals surface area (Å²) >= 11 is 9.26. The lowest BCUT2D eigenvalue weighted by Gasteiger charge is -2.12. The fourth-order valence-electron chi connectivity index (χ4n) is 1.44. The third-order valence-electron chi connectivity index (χ3n) is 2.42. The Morgan fingerprint density at radius 2 is 2.25 bits per heavy atom. The summed E-state index contributed by atoms with van der Waals surface area (Å²) in [5.74, 6) is 0.785. The maximum atomic E-state index is 11.6. The molecule has 1 aliphatic carbocycles. The van der Waals surface area contributed by atoms with Crippen LogP contribution in [0.3, 0.4) is 0 Å². The van der Waals surface area contributed by atoms with Gasteiger partial charge in [0.1, 0.15) is 0 Å². The smallest absolute Gasteiger partial charge is 0.227 e. The highest BCUT2D eigenvalue weighted by atomic mass is 79.9. The van der Waals surface area contributed by atoms with Crippen LogP contribution in [0.2, 0.25) is 5.02 Å². The van der Waals surface area contributed by atoms with Crippen molar-refractivity contribution in [2.24, 2.45) is 5.92 Å². The fraction of sp³-hybridized carbons (Fsp3) is 0.364.